The summed E-state index contributed by atoms with van der Waals surface area (Å²) < 4.78 is 0. The van der Waals surface area contributed by atoms with E-state index in [9.17, 15) is 0 Å². The number of anilines is 3. The van der Waals surface area contributed by atoms with Crippen molar-refractivity contribution < 1.29 is 0 Å². The molecule has 7 nitrogen and oxygen atoms in total. The van der Waals surface area contributed by atoms with Gasteiger partial charge >= 0.3 is 0 Å². The standard InChI is InChI=1S/C19H15N7/c20-10-13-9-14(1-2-16(13)21)24-19-15-11-23-8-5-17(15)25-18(26-19)12-3-6-22-7-4-12/h1-11,20H,21H2,(H,24,25,26). The summed E-state index contributed by atoms with van der Waals surface area (Å²) in [5.74, 6) is 1.23. The number of hydrogen-bond acceptors (Lipinski definition) is 7. The van der Waals surface area contributed by atoms with Crippen molar-refractivity contribution in [3.63, 3.8) is 0 Å². The number of nitrogens with two attached hydrogens (primary N) is 1. The third-order valence-corrected chi connectivity index (χ3v) is 3.94. The van der Waals surface area contributed by atoms with E-state index in [0.717, 1.165) is 22.2 Å². The molecule has 0 amide bonds. The molecule has 3 aromatic heterocycles. The lowest BCUT2D eigenvalue weighted by atomic mass is 10.1. The molecule has 0 spiro atoms. The van der Waals surface area contributed by atoms with Gasteiger partial charge in [0.1, 0.15) is 5.82 Å². The number of pyridine rings is 2. The predicted octanol–water partition coefficient (Wildman–Crippen LogP) is 3.41. The van der Waals surface area contributed by atoms with Crippen LogP contribution in [0.15, 0.2) is 61.2 Å². The Labute approximate surface area is 149 Å². The number of nitrogens with one attached hydrogen (secondary N) is 2. The van der Waals surface area contributed by atoms with E-state index in [2.05, 4.69) is 25.3 Å². The summed E-state index contributed by atoms with van der Waals surface area (Å²) in [4.78, 5) is 17.5. The van der Waals surface area contributed by atoms with E-state index in [4.69, 9.17) is 11.1 Å². The van der Waals surface area contributed by atoms with Gasteiger partial charge < -0.3 is 16.5 Å². The van der Waals surface area contributed by atoms with Crippen molar-refractivity contribution in [2.45, 2.75) is 0 Å². The second kappa shape index (κ2) is 6.56. The van der Waals surface area contributed by atoms with Crippen LogP contribution in [0, 0.1) is 5.41 Å². The molecule has 0 aliphatic heterocycles. The fraction of sp³-hybridized carbons (Fsp3) is 0. The van der Waals surface area contributed by atoms with Crippen LogP contribution >= 0.6 is 0 Å². The normalized spacial score (nSPS) is 10.6. The first-order chi connectivity index (χ1) is 12.7. The van der Waals surface area contributed by atoms with E-state index in [1.165, 1.54) is 6.21 Å². The van der Waals surface area contributed by atoms with Crippen molar-refractivity contribution in [1.82, 2.24) is 19.9 Å². The van der Waals surface area contributed by atoms with E-state index in [0.29, 0.717) is 22.9 Å². The molecule has 1 aromatic carbocycles. The van der Waals surface area contributed by atoms with Crippen LogP contribution in [0.1, 0.15) is 5.56 Å². The van der Waals surface area contributed by atoms with Gasteiger partial charge in [0.05, 0.1) is 10.9 Å². The minimum atomic E-state index is 0.553. The molecule has 0 saturated heterocycles. The third kappa shape index (κ3) is 2.93. The maximum atomic E-state index is 7.46. The zero-order valence-corrected chi connectivity index (χ0v) is 13.7. The highest BCUT2D eigenvalue weighted by Crippen LogP contribution is 2.27. The molecule has 0 unspecified atom stereocenters. The molecule has 0 radical (unpaired) electrons. The van der Waals surface area contributed by atoms with Gasteiger partial charge in [0.25, 0.3) is 0 Å². The summed E-state index contributed by atoms with van der Waals surface area (Å²) in [7, 11) is 0. The monoisotopic (exact) mass is 341 g/mol. The number of hydrogen-bond donors (Lipinski definition) is 3. The summed E-state index contributed by atoms with van der Waals surface area (Å²) in [6, 6.07) is 11.0. The fourth-order valence-electron chi connectivity index (χ4n) is 2.61. The fourth-order valence-corrected chi connectivity index (χ4v) is 2.61. The summed E-state index contributed by atoms with van der Waals surface area (Å²) in [5, 5.41) is 11.6. The van der Waals surface area contributed by atoms with Gasteiger partial charge in [-0.05, 0) is 36.4 Å². The summed E-state index contributed by atoms with van der Waals surface area (Å²) in [6.07, 6.45) is 8.06. The Balaban J connectivity index is 1.84. The Morgan fingerprint density at radius 3 is 2.58 bits per heavy atom. The van der Waals surface area contributed by atoms with Gasteiger partial charge in [-0.2, -0.15) is 0 Å². The van der Waals surface area contributed by atoms with Crippen LogP contribution in [0.5, 0.6) is 0 Å². The molecule has 0 saturated carbocycles. The molecule has 0 aliphatic rings. The number of nitrogens with zero attached hydrogens (tertiary/aromatic N) is 4. The van der Waals surface area contributed by atoms with E-state index in [1.54, 1.807) is 36.9 Å². The maximum Gasteiger partial charge on any atom is 0.162 e. The first-order valence-corrected chi connectivity index (χ1v) is 7.94. The Bertz CT molecular complexity index is 1090. The molecule has 4 rings (SSSR count). The number of aromatic nitrogens is 4. The molecule has 0 aliphatic carbocycles. The highest BCUT2D eigenvalue weighted by molar-refractivity contribution is 5.92. The summed E-state index contributed by atoms with van der Waals surface area (Å²) >= 11 is 0. The Morgan fingerprint density at radius 2 is 1.77 bits per heavy atom. The van der Waals surface area contributed by atoms with Crippen molar-refractivity contribution >= 4 is 34.3 Å². The van der Waals surface area contributed by atoms with Crippen LogP contribution < -0.4 is 11.1 Å². The van der Waals surface area contributed by atoms with Crippen molar-refractivity contribution in [1.29, 1.82) is 5.41 Å². The number of rotatable bonds is 4. The van der Waals surface area contributed by atoms with Crippen LogP contribution in [0.2, 0.25) is 0 Å². The highest BCUT2D eigenvalue weighted by atomic mass is 15.0. The van der Waals surface area contributed by atoms with Crippen molar-refractivity contribution in [2.75, 3.05) is 11.1 Å². The van der Waals surface area contributed by atoms with E-state index < -0.39 is 0 Å². The molecule has 7 heteroatoms. The van der Waals surface area contributed by atoms with Gasteiger partial charge in [-0.1, -0.05) is 0 Å². The lowest BCUT2D eigenvalue weighted by Crippen LogP contribution is -2.01. The molecular weight excluding hydrogens is 326 g/mol. The largest absolute Gasteiger partial charge is 0.398 e. The van der Waals surface area contributed by atoms with Gasteiger partial charge in [0, 0.05) is 53.5 Å². The molecule has 0 atom stereocenters. The lowest BCUT2D eigenvalue weighted by Gasteiger charge is -2.12. The Morgan fingerprint density at radius 1 is 0.962 bits per heavy atom. The quantitative estimate of drug-likeness (QED) is 0.387. The van der Waals surface area contributed by atoms with Gasteiger partial charge in [-0.15, -0.1) is 0 Å². The average molecular weight is 341 g/mol. The molecule has 3 heterocycles. The smallest absolute Gasteiger partial charge is 0.162 e. The molecular formula is C19H15N7. The van der Waals surface area contributed by atoms with Crippen molar-refractivity contribution in [3.05, 3.63) is 66.7 Å². The Hall–Kier alpha value is -3.87. The Kier molecular flexibility index (Phi) is 3.95. The van der Waals surface area contributed by atoms with E-state index in [-0.39, 0.29) is 0 Å². The predicted molar refractivity (Wildman–Crippen MR) is 103 cm³/mol. The first-order valence-electron chi connectivity index (χ1n) is 7.94. The second-order valence-electron chi connectivity index (χ2n) is 5.64. The van der Waals surface area contributed by atoms with Crippen molar-refractivity contribution in [3.8, 4) is 11.4 Å². The van der Waals surface area contributed by atoms with E-state index >= 15 is 0 Å². The molecule has 26 heavy (non-hydrogen) atoms. The lowest BCUT2D eigenvalue weighted by molar-refractivity contribution is 1.20. The minimum Gasteiger partial charge on any atom is -0.398 e. The van der Waals surface area contributed by atoms with Gasteiger partial charge in [0.2, 0.25) is 0 Å². The zero-order chi connectivity index (χ0) is 17.9. The molecule has 0 bridgehead atoms. The van der Waals surface area contributed by atoms with Gasteiger partial charge in [-0.3, -0.25) is 9.97 Å². The van der Waals surface area contributed by atoms with Gasteiger partial charge in [0.15, 0.2) is 5.82 Å². The molecule has 126 valence electrons. The molecule has 4 aromatic rings. The minimum absolute atomic E-state index is 0.553. The van der Waals surface area contributed by atoms with Crippen molar-refractivity contribution in [2.24, 2.45) is 0 Å². The zero-order valence-electron chi connectivity index (χ0n) is 13.7. The van der Waals surface area contributed by atoms with Gasteiger partial charge in [-0.25, -0.2) is 9.97 Å². The van der Waals surface area contributed by atoms with Crippen LogP contribution in [-0.4, -0.2) is 26.2 Å². The number of benzene rings is 1. The third-order valence-electron chi connectivity index (χ3n) is 3.94. The highest BCUT2D eigenvalue weighted by Gasteiger charge is 2.10. The number of fused-ring (bicyclic) bond motifs is 1. The van der Waals surface area contributed by atoms with Crippen LogP contribution in [-0.2, 0) is 0 Å². The average Bonchev–Trinajstić information content (AvgIpc) is 2.70. The van der Waals surface area contributed by atoms with E-state index in [1.807, 2.05) is 24.3 Å². The van der Waals surface area contributed by atoms with Crippen LogP contribution in [0.4, 0.5) is 17.2 Å². The summed E-state index contributed by atoms with van der Waals surface area (Å²) in [5.41, 5.74) is 9.49. The second-order valence-corrected chi connectivity index (χ2v) is 5.64. The maximum absolute atomic E-state index is 7.46. The molecule has 0 fully saturated rings. The molecule has 4 N–H and O–H groups in total. The number of nitrogen functional groups attached to an aromatic ring is 1. The van der Waals surface area contributed by atoms with Crippen LogP contribution in [0.3, 0.4) is 0 Å². The topological polar surface area (TPSA) is 113 Å². The first kappa shape index (κ1) is 15.6. The summed E-state index contributed by atoms with van der Waals surface area (Å²) in [6.45, 7) is 0. The SMILES string of the molecule is N=Cc1cc(Nc2nc(-c3ccncc3)nc3ccncc23)ccc1N. The van der Waals surface area contributed by atoms with Crippen LogP contribution in [0.25, 0.3) is 22.3 Å².